The second-order valence-electron chi connectivity index (χ2n) is 8.19. The van der Waals surface area contributed by atoms with E-state index in [4.69, 9.17) is 14.6 Å². The summed E-state index contributed by atoms with van der Waals surface area (Å²) in [6.45, 7) is 0.444. The van der Waals surface area contributed by atoms with Crippen molar-refractivity contribution in [3.05, 3.63) is 95.6 Å². The zero-order valence-corrected chi connectivity index (χ0v) is 19.8. The summed E-state index contributed by atoms with van der Waals surface area (Å²) in [4.78, 5) is 35.6. The van der Waals surface area contributed by atoms with Crippen molar-refractivity contribution in [2.24, 2.45) is 0 Å². The van der Waals surface area contributed by atoms with Gasteiger partial charge in [0.25, 0.3) is 5.91 Å². The summed E-state index contributed by atoms with van der Waals surface area (Å²) < 4.78 is 12.0. The lowest BCUT2D eigenvalue weighted by Gasteiger charge is -2.19. The van der Waals surface area contributed by atoms with Gasteiger partial charge in [0.1, 0.15) is 19.3 Å². The molecule has 0 aliphatic carbocycles. The number of carboxylic acid groups (broad SMARTS) is 2. The summed E-state index contributed by atoms with van der Waals surface area (Å²) in [5.74, 6) is -2.19. The molecule has 0 bridgehead atoms. The monoisotopic (exact) mass is 491 g/mol. The summed E-state index contributed by atoms with van der Waals surface area (Å²) >= 11 is 0. The third-order valence-corrected chi connectivity index (χ3v) is 5.42. The summed E-state index contributed by atoms with van der Waals surface area (Å²) in [7, 11) is 0. The standard InChI is InChI=1S/C28H29NO7/c30-25(31)17-8-7-15-23(28(33)34)29-27(32)22-14-9-16-24(35-18-20-10-3-1-4-11-20)26(22)36-19-21-12-5-2-6-13-21/h1-6,9-14,16,23H,7-8,15,17-19H2,(H,29,32)(H,30,31)(H,33,34)/t23-/m0/s1. The van der Waals surface area contributed by atoms with Crippen LogP contribution in [-0.4, -0.2) is 34.1 Å². The van der Waals surface area contributed by atoms with Gasteiger partial charge in [0.2, 0.25) is 0 Å². The predicted molar refractivity (Wildman–Crippen MR) is 133 cm³/mol. The van der Waals surface area contributed by atoms with Gasteiger partial charge < -0.3 is 25.0 Å². The van der Waals surface area contributed by atoms with Crippen LogP contribution in [0.3, 0.4) is 0 Å². The number of rotatable bonds is 14. The number of para-hydroxylation sites is 1. The Morgan fingerprint density at radius 1 is 0.750 bits per heavy atom. The van der Waals surface area contributed by atoms with Gasteiger partial charge in [-0.1, -0.05) is 73.2 Å². The highest BCUT2D eigenvalue weighted by Crippen LogP contribution is 2.33. The lowest BCUT2D eigenvalue weighted by molar-refractivity contribution is -0.139. The van der Waals surface area contributed by atoms with Crippen LogP contribution in [0.1, 0.15) is 47.2 Å². The van der Waals surface area contributed by atoms with Crippen molar-refractivity contribution in [2.75, 3.05) is 0 Å². The summed E-state index contributed by atoms with van der Waals surface area (Å²) in [6, 6.07) is 22.7. The number of hydrogen-bond acceptors (Lipinski definition) is 5. The van der Waals surface area contributed by atoms with E-state index >= 15 is 0 Å². The number of carboxylic acids is 2. The van der Waals surface area contributed by atoms with Gasteiger partial charge in [-0.15, -0.1) is 0 Å². The Morgan fingerprint density at radius 3 is 1.94 bits per heavy atom. The average molecular weight is 492 g/mol. The van der Waals surface area contributed by atoms with E-state index in [9.17, 15) is 19.5 Å². The third-order valence-electron chi connectivity index (χ3n) is 5.42. The number of amides is 1. The number of carbonyl (C=O) groups is 3. The van der Waals surface area contributed by atoms with Crippen LogP contribution in [0.2, 0.25) is 0 Å². The molecule has 3 aromatic carbocycles. The van der Waals surface area contributed by atoms with E-state index in [0.717, 1.165) is 11.1 Å². The SMILES string of the molecule is O=C(O)CCCC[C@H](NC(=O)c1cccc(OCc2ccccc2)c1OCc1ccccc1)C(=O)O. The zero-order valence-electron chi connectivity index (χ0n) is 19.8. The predicted octanol–water partition coefficient (Wildman–Crippen LogP) is 4.67. The van der Waals surface area contributed by atoms with Gasteiger partial charge >= 0.3 is 11.9 Å². The third kappa shape index (κ3) is 8.16. The Morgan fingerprint density at radius 2 is 1.36 bits per heavy atom. The minimum Gasteiger partial charge on any atom is -0.485 e. The van der Waals surface area contributed by atoms with Crippen molar-refractivity contribution in [2.45, 2.75) is 44.9 Å². The van der Waals surface area contributed by atoms with Crippen molar-refractivity contribution >= 4 is 17.8 Å². The lowest BCUT2D eigenvalue weighted by atomic mass is 10.1. The first-order valence-corrected chi connectivity index (χ1v) is 11.7. The molecule has 36 heavy (non-hydrogen) atoms. The number of aliphatic carboxylic acids is 2. The molecular formula is C28H29NO7. The molecule has 0 spiro atoms. The molecule has 8 nitrogen and oxygen atoms in total. The molecule has 1 amide bonds. The Kier molecular flexibility index (Phi) is 9.88. The number of carbonyl (C=O) groups excluding carboxylic acids is 1. The topological polar surface area (TPSA) is 122 Å². The van der Waals surface area contributed by atoms with E-state index in [0.29, 0.717) is 18.6 Å². The van der Waals surface area contributed by atoms with Crippen LogP contribution >= 0.6 is 0 Å². The fourth-order valence-corrected chi connectivity index (χ4v) is 3.54. The Labute approximate surface area is 209 Å². The molecular weight excluding hydrogens is 462 g/mol. The lowest BCUT2D eigenvalue weighted by Crippen LogP contribution is -2.40. The Balaban J connectivity index is 1.79. The highest BCUT2D eigenvalue weighted by Gasteiger charge is 2.24. The maximum Gasteiger partial charge on any atom is 0.326 e. The van der Waals surface area contributed by atoms with Crippen molar-refractivity contribution in [1.82, 2.24) is 5.32 Å². The van der Waals surface area contributed by atoms with Gasteiger partial charge in [-0.05, 0) is 36.1 Å². The first-order chi connectivity index (χ1) is 17.4. The maximum atomic E-state index is 13.2. The smallest absolute Gasteiger partial charge is 0.326 e. The van der Waals surface area contributed by atoms with Gasteiger partial charge in [0.05, 0.1) is 5.56 Å². The largest absolute Gasteiger partial charge is 0.485 e. The van der Waals surface area contributed by atoms with Crippen molar-refractivity contribution < 1.29 is 34.1 Å². The van der Waals surface area contributed by atoms with Gasteiger partial charge in [-0.2, -0.15) is 0 Å². The van der Waals surface area contributed by atoms with E-state index in [2.05, 4.69) is 5.32 Å². The molecule has 0 aliphatic heterocycles. The van der Waals surface area contributed by atoms with Gasteiger partial charge in [-0.3, -0.25) is 9.59 Å². The molecule has 0 saturated carbocycles. The highest BCUT2D eigenvalue weighted by molar-refractivity contribution is 5.99. The van der Waals surface area contributed by atoms with E-state index in [-0.39, 0.29) is 37.4 Å². The second kappa shape index (κ2) is 13.5. The summed E-state index contributed by atoms with van der Waals surface area (Å²) in [5, 5.41) is 20.9. The molecule has 0 radical (unpaired) electrons. The van der Waals surface area contributed by atoms with Gasteiger partial charge in [0.15, 0.2) is 11.5 Å². The second-order valence-corrected chi connectivity index (χ2v) is 8.19. The number of unbranched alkanes of at least 4 members (excludes halogenated alkanes) is 1. The summed E-state index contributed by atoms with van der Waals surface area (Å²) in [5.41, 5.74) is 1.98. The van der Waals surface area contributed by atoms with E-state index in [1.807, 2.05) is 60.7 Å². The van der Waals surface area contributed by atoms with Crippen LogP contribution in [0.25, 0.3) is 0 Å². The fourth-order valence-electron chi connectivity index (χ4n) is 3.54. The number of ether oxygens (including phenoxy) is 2. The first-order valence-electron chi connectivity index (χ1n) is 11.7. The molecule has 188 valence electrons. The maximum absolute atomic E-state index is 13.2. The van der Waals surface area contributed by atoms with Gasteiger partial charge in [0, 0.05) is 6.42 Å². The van der Waals surface area contributed by atoms with Crippen molar-refractivity contribution in [1.29, 1.82) is 0 Å². The van der Waals surface area contributed by atoms with Crippen LogP contribution in [0.15, 0.2) is 78.9 Å². The molecule has 0 fully saturated rings. The number of benzene rings is 3. The molecule has 0 heterocycles. The average Bonchev–Trinajstić information content (AvgIpc) is 2.88. The Hall–Kier alpha value is -4.33. The quantitative estimate of drug-likeness (QED) is 0.280. The first kappa shape index (κ1) is 26.3. The highest BCUT2D eigenvalue weighted by atomic mass is 16.5. The van der Waals surface area contributed by atoms with Crippen LogP contribution in [-0.2, 0) is 22.8 Å². The normalized spacial score (nSPS) is 11.3. The molecule has 3 N–H and O–H groups in total. The molecule has 1 atom stereocenters. The van der Waals surface area contributed by atoms with Crippen LogP contribution in [0.5, 0.6) is 11.5 Å². The number of nitrogens with one attached hydrogen (secondary N) is 1. The van der Waals surface area contributed by atoms with Crippen LogP contribution in [0.4, 0.5) is 0 Å². The Bertz CT molecular complexity index is 1150. The van der Waals surface area contributed by atoms with E-state index < -0.39 is 23.9 Å². The molecule has 0 aliphatic rings. The molecule has 3 rings (SSSR count). The van der Waals surface area contributed by atoms with Crippen LogP contribution < -0.4 is 14.8 Å². The van der Waals surface area contributed by atoms with E-state index in [1.165, 1.54) is 0 Å². The molecule has 0 saturated heterocycles. The zero-order chi connectivity index (χ0) is 25.8. The van der Waals surface area contributed by atoms with E-state index in [1.54, 1.807) is 18.2 Å². The summed E-state index contributed by atoms with van der Waals surface area (Å²) in [6.07, 6.45) is 0.724. The molecule has 0 aromatic heterocycles. The van der Waals surface area contributed by atoms with Crippen molar-refractivity contribution in [3.8, 4) is 11.5 Å². The molecule has 8 heteroatoms. The van der Waals surface area contributed by atoms with Gasteiger partial charge in [-0.25, -0.2) is 4.79 Å². The minimum absolute atomic E-state index is 0.0570. The minimum atomic E-state index is -1.19. The molecule has 0 unspecified atom stereocenters. The fraction of sp³-hybridized carbons (Fsp3) is 0.250. The number of hydrogen-bond donors (Lipinski definition) is 3. The van der Waals surface area contributed by atoms with Crippen molar-refractivity contribution in [3.63, 3.8) is 0 Å². The van der Waals surface area contributed by atoms with Crippen LogP contribution in [0, 0.1) is 0 Å². The molecule has 3 aromatic rings.